The molecule has 0 aliphatic rings. The van der Waals surface area contributed by atoms with Crippen LogP contribution in [-0.4, -0.2) is 24.8 Å². The molecule has 19 heavy (non-hydrogen) atoms. The van der Waals surface area contributed by atoms with Crippen molar-refractivity contribution in [3.05, 3.63) is 35.2 Å². The summed E-state index contributed by atoms with van der Waals surface area (Å²) in [5.74, 6) is 0.409. The lowest BCUT2D eigenvalue weighted by molar-refractivity contribution is 0.822. The number of aromatic nitrogens is 5. The van der Waals surface area contributed by atoms with Gasteiger partial charge in [-0.1, -0.05) is 25.2 Å². The predicted molar refractivity (Wildman–Crippen MR) is 74.3 cm³/mol. The van der Waals surface area contributed by atoms with E-state index in [1.54, 1.807) is 23.7 Å². The van der Waals surface area contributed by atoms with E-state index < -0.39 is 0 Å². The Kier molecular flexibility index (Phi) is 3.12. The molecular formula is C12H14N6S. The maximum absolute atomic E-state index is 4.25. The van der Waals surface area contributed by atoms with E-state index in [2.05, 4.69) is 39.4 Å². The van der Waals surface area contributed by atoms with Crippen LogP contribution in [0.2, 0.25) is 0 Å². The zero-order valence-electron chi connectivity index (χ0n) is 10.7. The van der Waals surface area contributed by atoms with Crippen molar-refractivity contribution in [1.82, 2.24) is 24.8 Å². The van der Waals surface area contributed by atoms with Gasteiger partial charge in [0, 0.05) is 18.2 Å². The topological polar surface area (TPSA) is 68.0 Å². The summed E-state index contributed by atoms with van der Waals surface area (Å²) in [5, 5.41) is 17.7. The van der Waals surface area contributed by atoms with Gasteiger partial charge in [0.2, 0.25) is 5.13 Å². The highest BCUT2D eigenvalue weighted by molar-refractivity contribution is 7.15. The molecule has 7 heteroatoms. The van der Waals surface area contributed by atoms with Crippen LogP contribution in [0.3, 0.4) is 0 Å². The van der Waals surface area contributed by atoms with Crippen molar-refractivity contribution in [3.63, 3.8) is 0 Å². The summed E-state index contributed by atoms with van der Waals surface area (Å²) < 4.78 is 1.82. The number of rotatable bonds is 4. The van der Waals surface area contributed by atoms with Gasteiger partial charge in [-0.05, 0) is 6.07 Å². The second-order valence-electron chi connectivity index (χ2n) is 4.49. The van der Waals surface area contributed by atoms with Gasteiger partial charge in [0.05, 0.1) is 18.4 Å². The van der Waals surface area contributed by atoms with E-state index in [4.69, 9.17) is 0 Å². The van der Waals surface area contributed by atoms with Gasteiger partial charge >= 0.3 is 0 Å². The molecule has 98 valence electrons. The number of nitrogens with one attached hydrogen (secondary N) is 1. The summed E-state index contributed by atoms with van der Waals surface area (Å²) in [7, 11) is 0. The minimum Gasteiger partial charge on any atom is -0.354 e. The lowest BCUT2D eigenvalue weighted by Gasteiger charge is -2.04. The highest BCUT2D eigenvalue weighted by Crippen LogP contribution is 2.22. The minimum atomic E-state index is 0.409. The Bertz CT molecular complexity index is 686. The molecule has 1 N–H and O–H groups in total. The maximum Gasteiger partial charge on any atom is 0.206 e. The van der Waals surface area contributed by atoms with Crippen molar-refractivity contribution in [3.8, 4) is 0 Å². The third-order valence-electron chi connectivity index (χ3n) is 2.72. The van der Waals surface area contributed by atoms with Crippen LogP contribution in [0.1, 0.15) is 30.5 Å². The smallest absolute Gasteiger partial charge is 0.206 e. The fourth-order valence-corrected chi connectivity index (χ4v) is 2.47. The lowest BCUT2D eigenvalue weighted by Crippen LogP contribution is -2.06. The van der Waals surface area contributed by atoms with Crippen molar-refractivity contribution in [2.75, 3.05) is 5.32 Å². The molecule has 0 fully saturated rings. The molecule has 0 bridgehead atoms. The molecule has 0 saturated heterocycles. The average Bonchev–Trinajstić information content (AvgIpc) is 3.05. The summed E-state index contributed by atoms with van der Waals surface area (Å²) in [4.78, 5) is 4.23. The number of nitrogens with zero attached hydrogens (tertiary/aromatic N) is 5. The molecule has 0 saturated carbocycles. The fraction of sp³-hybridized carbons (Fsp3) is 0.333. The minimum absolute atomic E-state index is 0.409. The first-order chi connectivity index (χ1) is 9.24. The van der Waals surface area contributed by atoms with Crippen LogP contribution in [0.15, 0.2) is 24.5 Å². The lowest BCUT2D eigenvalue weighted by atomic mass is 10.2. The normalized spacial score (nSPS) is 11.3. The van der Waals surface area contributed by atoms with Gasteiger partial charge in [-0.2, -0.15) is 5.10 Å². The first kappa shape index (κ1) is 12.0. The first-order valence-corrected chi connectivity index (χ1v) is 6.90. The Morgan fingerprint density at radius 3 is 2.95 bits per heavy atom. The third-order valence-corrected chi connectivity index (χ3v) is 3.91. The van der Waals surface area contributed by atoms with Crippen molar-refractivity contribution in [2.24, 2.45) is 0 Å². The molecule has 3 aromatic heterocycles. The molecule has 0 spiro atoms. The van der Waals surface area contributed by atoms with Gasteiger partial charge < -0.3 is 5.32 Å². The van der Waals surface area contributed by atoms with E-state index in [-0.39, 0.29) is 0 Å². The largest absolute Gasteiger partial charge is 0.354 e. The predicted octanol–water partition coefficient (Wildman–Crippen LogP) is 2.32. The van der Waals surface area contributed by atoms with Gasteiger partial charge in [0.1, 0.15) is 5.01 Å². The molecule has 0 radical (unpaired) electrons. The number of anilines is 1. The molecule has 0 aliphatic carbocycles. The van der Waals surface area contributed by atoms with Gasteiger partial charge in [0.25, 0.3) is 0 Å². The van der Waals surface area contributed by atoms with Crippen LogP contribution in [0.4, 0.5) is 5.13 Å². The Balaban J connectivity index is 1.76. The monoisotopic (exact) mass is 274 g/mol. The molecule has 0 amide bonds. The molecule has 0 aliphatic heterocycles. The Labute approximate surface area is 114 Å². The van der Waals surface area contributed by atoms with Crippen LogP contribution < -0.4 is 5.32 Å². The Hall–Kier alpha value is -2.02. The summed E-state index contributed by atoms with van der Waals surface area (Å²) >= 11 is 1.59. The van der Waals surface area contributed by atoms with Crippen LogP contribution in [0.5, 0.6) is 0 Å². The van der Waals surface area contributed by atoms with Crippen molar-refractivity contribution < 1.29 is 0 Å². The van der Waals surface area contributed by atoms with E-state index >= 15 is 0 Å². The van der Waals surface area contributed by atoms with Gasteiger partial charge in [0.15, 0.2) is 5.65 Å². The first-order valence-electron chi connectivity index (χ1n) is 6.09. The van der Waals surface area contributed by atoms with Gasteiger partial charge in [-0.25, -0.2) is 9.50 Å². The fourth-order valence-electron chi connectivity index (χ4n) is 1.73. The zero-order chi connectivity index (χ0) is 13.2. The van der Waals surface area contributed by atoms with E-state index in [1.165, 1.54) is 0 Å². The number of hydrogen-bond acceptors (Lipinski definition) is 6. The van der Waals surface area contributed by atoms with Crippen LogP contribution >= 0.6 is 11.3 Å². The zero-order valence-corrected chi connectivity index (χ0v) is 11.6. The second kappa shape index (κ2) is 4.93. The summed E-state index contributed by atoms with van der Waals surface area (Å²) in [6.07, 6.45) is 3.53. The summed E-state index contributed by atoms with van der Waals surface area (Å²) in [6, 6.07) is 3.82. The highest BCUT2D eigenvalue weighted by atomic mass is 32.1. The van der Waals surface area contributed by atoms with Crippen molar-refractivity contribution in [1.29, 1.82) is 0 Å². The summed E-state index contributed by atoms with van der Waals surface area (Å²) in [6.45, 7) is 4.87. The molecule has 0 aromatic carbocycles. The van der Waals surface area contributed by atoms with E-state index in [0.29, 0.717) is 12.5 Å². The number of hydrogen-bond donors (Lipinski definition) is 1. The van der Waals surface area contributed by atoms with E-state index in [0.717, 1.165) is 21.5 Å². The van der Waals surface area contributed by atoms with E-state index in [1.807, 2.05) is 16.6 Å². The van der Waals surface area contributed by atoms with E-state index in [9.17, 15) is 0 Å². The average molecular weight is 274 g/mol. The molecule has 3 rings (SSSR count). The standard InChI is InChI=1S/C12H14N6S/c1-8(2)11-16-17-12(19-11)14-7-9-3-5-13-10-4-6-15-18(9)10/h3-6,8H,7H2,1-2H3,(H,14,17). The van der Waals surface area contributed by atoms with Gasteiger partial charge in [-0.3, -0.25) is 0 Å². The SMILES string of the molecule is CC(C)c1nnc(NCc2ccnc3ccnn23)s1. The van der Waals surface area contributed by atoms with Crippen LogP contribution in [-0.2, 0) is 6.54 Å². The van der Waals surface area contributed by atoms with Crippen LogP contribution in [0.25, 0.3) is 5.65 Å². The third kappa shape index (κ3) is 2.41. The second-order valence-corrected chi connectivity index (χ2v) is 5.50. The maximum atomic E-state index is 4.25. The Morgan fingerprint density at radius 2 is 2.16 bits per heavy atom. The number of fused-ring (bicyclic) bond motifs is 1. The quantitative estimate of drug-likeness (QED) is 0.790. The van der Waals surface area contributed by atoms with Crippen LogP contribution in [0, 0.1) is 0 Å². The molecule has 0 unspecified atom stereocenters. The molecule has 3 aromatic rings. The Morgan fingerprint density at radius 1 is 1.26 bits per heavy atom. The van der Waals surface area contributed by atoms with Crippen molar-refractivity contribution in [2.45, 2.75) is 26.3 Å². The highest BCUT2D eigenvalue weighted by Gasteiger charge is 2.08. The molecule has 3 heterocycles. The van der Waals surface area contributed by atoms with Gasteiger partial charge in [-0.15, -0.1) is 10.2 Å². The van der Waals surface area contributed by atoms with Crippen molar-refractivity contribution >= 4 is 22.1 Å². The summed E-state index contributed by atoms with van der Waals surface area (Å²) in [5.41, 5.74) is 1.88. The molecule has 6 nitrogen and oxygen atoms in total. The molecular weight excluding hydrogens is 260 g/mol. The molecule has 0 atom stereocenters.